The van der Waals surface area contributed by atoms with Crippen molar-refractivity contribution in [2.24, 2.45) is 0 Å². The maximum Gasteiger partial charge on any atom is 0.252 e. The van der Waals surface area contributed by atoms with Gasteiger partial charge in [-0.2, -0.15) is 0 Å². The number of nitrogens with one attached hydrogen (secondary N) is 1. The van der Waals surface area contributed by atoms with E-state index in [2.05, 4.69) is 27.4 Å². The Bertz CT molecular complexity index is 651. The number of aliphatic hydroxyl groups is 1. The quantitative estimate of drug-likeness (QED) is 0.810. The number of hydrogen-bond acceptors (Lipinski definition) is 5. The molecule has 2 aromatic rings. The van der Waals surface area contributed by atoms with Gasteiger partial charge in [-0.25, -0.2) is 0 Å². The van der Waals surface area contributed by atoms with Crippen LogP contribution in [0, 0.1) is 11.8 Å². The second kappa shape index (κ2) is 6.84. The van der Waals surface area contributed by atoms with Gasteiger partial charge in [0.05, 0.1) is 17.0 Å². The van der Waals surface area contributed by atoms with Crippen LogP contribution < -0.4 is 5.32 Å². The lowest BCUT2D eigenvalue weighted by Gasteiger charge is -2.04. The summed E-state index contributed by atoms with van der Waals surface area (Å²) in [6.45, 7) is 2.89. The van der Waals surface area contributed by atoms with Gasteiger partial charge < -0.3 is 15.0 Å². The van der Waals surface area contributed by atoms with E-state index in [0.717, 1.165) is 17.2 Å². The number of aryl methyl sites for hydroxylation is 1. The third-order valence-corrected chi connectivity index (χ3v) is 3.44. The Labute approximate surface area is 120 Å². The fourth-order valence-electron chi connectivity index (χ4n) is 1.59. The molecule has 104 valence electrons. The highest BCUT2D eigenvalue weighted by Gasteiger charge is 2.09. The summed E-state index contributed by atoms with van der Waals surface area (Å²) in [5.74, 6) is 5.86. The number of aliphatic hydroxyl groups excluding tert-OH is 1. The Kier molecular flexibility index (Phi) is 4.87. The van der Waals surface area contributed by atoms with Crippen LogP contribution >= 0.6 is 11.3 Å². The molecule has 20 heavy (non-hydrogen) atoms. The number of carbonyl (C=O) groups excluding carboxylic acids is 1. The molecule has 0 spiro atoms. The monoisotopic (exact) mass is 290 g/mol. The molecule has 0 saturated heterocycles. The van der Waals surface area contributed by atoms with Crippen molar-refractivity contribution < 1.29 is 9.90 Å². The number of thiophene rings is 1. The fourth-order valence-corrected chi connectivity index (χ4v) is 2.34. The highest BCUT2D eigenvalue weighted by molar-refractivity contribution is 7.10. The molecule has 0 saturated carbocycles. The minimum atomic E-state index is -0.188. The first-order valence-electron chi connectivity index (χ1n) is 6.07. The molecule has 0 aliphatic heterocycles. The summed E-state index contributed by atoms with van der Waals surface area (Å²) in [5.41, 5.74) is 0.555. The normalized spacial score (nSPS) is 9.90. The van der Waals surface area contributed by atoms with E-state index >= 15 is 0 Å². The molecular weight excluding hydrogens is 276 g/mol. The summed E-state index contributed by atoms with van der Waals surface area (Å²) < 4.78 is 1.87. The third-order valence-electron chi connectivity index (χ3n) is 2.60. The van der Waals surface area contributed by atoms with Crippen LogP contribution in [0.5, 0.6) is 0 Å². The number of nitrogens with zero attached hydrogens (tertiary/aromatic N) is 3. The molecule has 1 amide bonds. The van der Waals surface area contributed by atoms with Crippen LogP contribution in [-0.2, 0) is 13.1 Å². The van der Waals surface area contributed by atoms with Gasteiger partial charge in [0.2, 0.25) is 0 Å². The van der Waals surface area contributed by atoms with E-state index in [9.17, 15) is 4.79 Å². The third kappa shape index (κ3) is 3.44. The highest BCUT2D eigenvalue weighted by Crippen LogP contribution is 2.13. The standard InChI is InChI=1S/C13H14N4O2S/c1-2-17-9-15-16-12(17)7-14-13(19)10-6-11(20-8-10)4-3-5-18/h6,8-9,18H,2,5,7H2,1H3,(H,14,19). The van der Waals surface area contributed by atoms with E-state index in [-0.39, 0.29) is 12.5 Å². The summed E-state index contributed by atoms with van der Waals surface area (Å²) in [7, 11) is 0. The van der Waals surface area contributed by atoms with Gasteiger partial charge in [0.1, 0.15) is 12.9 Å². The van der Waals surface area contributed by atoms with Crippen LogP contribution in [0.4, 0.5) is 0 Å². The van der Waals surface area contributed by atoms with Crippen LogP contribution in [0.1, 0.15) is 28.0 Å². The minimum absolute atomic E-state index is 0.177. The van der Waals surface area contributed by atoms with Gasteiger partial charge in [-0.05, 0) is 13.0 Å². The van der Waals surface area contributed by atoms with E-state index in [1.807, 2.05) is 11.5 Å². The maximum absolute atomic E-state index is 12.0. The molecule has 0 aromatic carbocycles. The summed E-state index contributed by atoms with van der Waals surface area (Å²) in [4.78, 5) is 12.7. The van der Waals surface area contributed by atoms with Crippen molar-refractivity contribution >= 4 is 17.2 Å². The van der Waals surface area contributed by atoms with E-state index in [1.165, 1.54) is 11.3 Å². The van der Waals surface area contributed by atoms with Crippen molar-refractivity contribution in [1.29, 1.82) is 0 Å². The molecule has 0 radical (unpaired) electrons. The first-order chi connectivity index (χ1) is 9.74. The predicted molar refractivity (Wildman–Crippen MR) is 75.1 cm³/mol. The lowest BCUT2D eigenvalue weighted by atomic mass is 10.3. The lowest BCUT2D eigenvalue weighted by Crippen LogP contribution is -2.24. The van der Waals surface area contributed by atoms with Crippen molar-refractivity contribution in [1.82, 2.24) is 20.1 Å². The molecule has 2 aromatic heterocycles. The van der Waals surface area contributed by atoms with Crippen molar-refractivity contribution in [2.45, 2.75) is 20.0 Å². The molecule has 6 nitrogen and oxygen atoms in total. The van der Waals surface area contributed by atoms with Gasteiger partial charge in [-0.15, -0.1) is 21.5 Å². The van der Waals surface area contributed by atoms with Crippen LogP contribution in [-0.4, -0.2) is 32.4 Å². The van der Waals surface area contributed by atoms with Crippen LogP contribution in [0.3, 0.4) is 0 Å². The SMILES string of the molecule is CCn1cnnc1CNC(=O)c1csc(C#CCO)c1. The largest absolute Gasteiger partial charge is 0.384 e. The van der Waals surface area contributed by atoms with E-state index in [1.54, 1.807) is 17.8 Å². The van der Waals surface area contributed by atoms with Gasteiger partial charge in [-0.3, -0.25) is 4.79 Å². The zero-order valence-corrected chi connectivity index (χ0v) is 11.8. The second-order valence-electron chi connectivity index (χ2n) is 3.88. The van der Waals surface area contributed by atoms with Crippen molar-refractivity contribution in [2.75, 3.05) is 6.61 Å². The van der Waals surface area contributed by atoms with Crippen molar-refractivity contribution in [3.8, 4) is 11.8 Å². The van der Waals surface area contributed by atoms with E-state index in [4.69, 9.17) is 5.11 Å². The molecule has 2 N–H and O–H groups in total. The number of amides is 1. The summed E-state index contributed by atoms with van der Waals surface area (Å²) in [6, 6.07) is 1.70. The molecule has 0 unspecified atom stereocenters. The first-order valence-corrected chi connectivity index (χ1v) is 6.95. The Morgan fingerprint density at radius 1 is 1.60 bits per heavy atom. The highest BCUT2D eigenvalue weighted by atomic mass is 32.1. The van der Waals surface area contributed by atoms with Crippen LogP contribution in [0.15, 0.2) is 17.8 Å². The average molecular weight is 290 g/mol. The Balaban J connectivity index is 1.96. The Hall–Kier alpha value is -2.17. The van der Waals surface area contributed by atoms with Gasteiger partial charge in [0.25, 0.3) is 5.91 Å². The summed E-state index contributed by atoms with van der Waals surface area (Å²) in [6.07, 6.45) is 1.63. The number of aromatic nitrogens is 3. The van der Waals surface area contributed by atoms with Crippen molar-refractivity contribution in [3.05, 3.63) is 34.0 Å². The van der Waals surface area contributed by atoms with Crippen LogP contribution in [0.25, 0.3) is 0 Å². The van der Waals surface area contributed by atoms with Gasteiger partial charge in [0.15, 0.2) is 5.82 Å². The number of carbonyl (C=O) groups is 1. The second-order valence-corrected chi connectivity index (χ2v) is 4.79. The summed E-state index contributed by atoms with van der Waals surface area (Å²) >= 11 is 1.37. The van der Waals surface area contributed by atoms with Gasteiger partial charge in [0, 0.05) is 11.9 Å². The Morgan fingerprint density at radius 3 is 3.20 bits per heavy atom. The molecule has 0 aliphatic carbocycles. The van der Waals surface area contributed by atoms with Crippen LogP contribution in [0.2, 0.25) is 0 Å². The minimum Gasteiger partial charge on any atom is -0.384 e. The molecule has 7 heteroatoms. The maximum atomic E-state index is 12.0. The van der Waals surface area contributed by atoms with E-state index < -0.39 is 0 Å². The Morgan fingerprint density at radius 2 is 2.45 bits per heavy atom. The fraction of sp³-hybridized carbons (Fsp3) is 0.308. The summed E-state index contributed by atoms with van der Waals surface area (Å²) in [5, 5.41) is 20.9. The zero-order valence-electron chi connectivity index (χ0n) is 11.0. The van der Waals surface area contributed by atoms with Gasteiger partial charge >= 0.3 is 0 Å². The molecule has 2 heterocycles. The topological polar surface area (TPSA) is 80.0 Å². The molecule has 0 fully saturated rings. The molecule has 0 bridgehead atoms. The molecule has 0 aliphatic rings. The molecular formula is C13H14N4O2S. The molecule has 0 atom stereocenters. The number of hydrogen-bond donors (Lipinski definition) is 2. The average Bonchev–Trinajstić information content (AvgIpc) is 3.11. The van der Waals surface area contributed by atoms with E-state index in [0.29, 0.717) is 12.1 Å². The predicted octanol–water partition coefficient (Wildman–Crippen LogP) is 0.633. The molecule has 2 rings (SSSR count). The zero-order chi connectivity index (χ0) is 14.4. The van der Waals surface area contributed by atoms with Gasteiger partial charge in [-0.1, -0.05) is 11.8 Å². The number of rotatable bonds is 4. The first kappa shape index (κ1) is 14.2. The van der Waals surface area contributed by atoms with Crippen molar-refractivity contribution in [3.63, 3.8) is 0 Å². The smallest absolute Gasteiger partial charge is 0.252 e. The lowest BCUT2D eigenvalue weighted by molar-refractivity contribution is 0.0950.